The summed E-state index contributed by atoms with van der Waals surface area (Å²) in [4.78, 5) is 34.3. The van der Waals surface area contributed by atoms with E-state index in [1.165, 1.54) is 6.07 Å². The lowest BCUT2D eigenvalue weighted by Crippen LogP contribution is -2.14. The number of methoxy groups -OCH3 is 1. The molecule has 1 N–H and O–H groups in total. The summed E-state index contributed by atoms with van der Waals surface area (Å²) in [5, 5.41) is 13.6. The third kappa shape index (κ3) is 3.96. The molecule has 0 heterocycles. The van der Waals surface area contributed by atoms with Crippen LogP contribution >= 0.6 is 15.9 Å². The number of nitro groups is 1. The highest BCUT2D eigenvalue weighted by Crippen LogP contribution is 2.22. The van der Waals surface area contributed by atoms with Gasteiger partial charge in [-0.3, -0.25) is 14.9 Å². The van der Waals surface area contributed by atoms with E-state index in [1.54, 1.807) is 12.1 Å². The predicted molar refractivity (Wildman–Crippen MR) is 91.3 cm³/mol. The van der Waals surface area contributed by atoms with E-state index in [9.17, 15) is 19.7 Å². The smallest absolute Gasteiger partial charge is 0.338 e. The molecule has 0 atom stereocenters. The number of rotatable bonds is 4. The van der Waals surface area contributed by atoms with Crippen LogP contribution in [-0.4, -0.2) is 23.9 Å². The number of carbonyl (C=O) groups excluding carboxylic acids is 2. The molecule has 2 rings (SSSR count). The van der Waals surface area contributed by atoms with Gasteiger partial charge in [0.1, 0.15) is 0 Å². The van der Waals surface area contributed by atoms with Crippen LogP contribution in [0, 0.1) is 17.0 Å². The second-order valence-corrected chi connectivity index (χ2v) is 5.79. The van der Waals surface area contributed by atoms with Crippen molar-refractivity contribution < 1.29 is 19.2 Å². The van der Waals surface area contributed by atoms with Crippen molar-refractivity contribution in [2.24, 2.45) is 0 Å². The third-order valence-electron chi connectivity index (χ3n) is 3.24. The first-order chi connectivity index (χ1) is 11.3. The zero-order valence-corrected chi connectivity index (χ0v) is 14.4. The van der Waals surface area contributed by atoms with Gasteiger partial charge in [0.05, 0.1) is 17.6 Å². The molecule has 0 saturated carbocycles. The highest BCUT2D eigenvalue weighted by molar-refractivity contribution is 9.10. The maximum Gasteiger partial charge on any atom is 0.338 e. The zero-order valence-electron chi connectivity index (χ0n) is 12.8. The van der Waals surface area contributed by atoms with E-state index in [0.717, 1.165) is 29.3 Å². The average Bonchev–Trinajstić information content (AvgIpc) is 2.56. The van der Waals surface area contributed by atoms with E-state index in [1.807, 2.05) is 13.0 Å². The van der Waals surface area contributed by atoms with Gasteiger partial charge in [0, 0.05) is 27.9 Å². The molecule has 0 aromatic heterocycles. The Balaban J connectivity index is 2.37. The largest absolute Gasteiger partial charge is 0.465 e. The minimum absolute atomic E-state index is 0.0127. The van der Waals surface area contributed by atoms with E-state index < -0.39 is 16.8 Å². The number of anilines is 1. The summed E-state index contributed by atoms with van der Waals surface area (Å²) >= 11 is 3.36. The Bertz CT molecular complexity index is 835. The number of esters is 1. The number of benzene rings is 2. The van der Waals surface area contributed by atoms with Crippen molar-refractivity contribution in [2.45, 2.75) is 6.92 Å². The summed E-state index contributed by atoms with van der Waals surface area (Å²) in [5.41, 5.74) is 1.07. The van der Waals surface area contributed by atoms with Gasteiger partial charge in [0.2, 0.25) is 0 Å². The van der Waals surface area contributed by atoms with Crippen LogP contribution in [0.5, 0.6) is 0 Å². The van der Waals surface area contributed by atoms with Crippen LogP contribution in [0.1, 0.15) is 26.3 Å². The number of hydrogen-bond acceptors (Lipinski definition) is 5. The number of non-ortho nitro benzene ring substituents is 1. The number of aryl methyl sites for hydroxylation is 1. The number of carbonyl (C=O) groups is 2. The van der Waals surface area contributed by atoms with E-state index in [-0.39, 0.29) is 16.8 Å². The van der Waals surface area contributed by atoms with Crippen molar-refractivity contribution in [2.75, 3.05) is 12.4 Å². The van der Waals surface area contributed by atoms with Gasteiger partial charge in [-0.25, -0.2) is 4.79 Å². The van der Waals surface area contributed by atoms with E-state index in [0.29, 0.717) is 5.69 Å². The molecule has 24 heavy (non-hydrogen) atoms. The Hall–Kier alpha value is -2.74. The van der Waals surface area contributed by atoms with E-state index >= 15 is 0 Å². The van der Waals surface area contributed by atoms with E-state index in [4.69, 9.17) is 0 Å². The fourth-order valence-electron chi connectivity index (χ4n) is 1.96. The highest BCUT2D eigenvalue weighted by atomic mass is 79.9. The minimum atomic E-state index is -0.758. The minimum Gasteiger partial charge on any atom is -0.465 e. The lowest BCUT2D eigenvalue weighted by molar-refractivity contribution is -0.384. The molecule has 0 saturated heterocycles. The first-order valence-electron chi connectivity index (χ1n) is 6.77. The molecule has 0 aliphatic heterocycles. The topological polar surface area (TPSA) is 98.5 Å². The summed E-state index contributed by atoms with van der Waals surface area (Å²) in [5.74, 6) is -1.33. The van der Waals surface area contributed by atoms with Crippen LogP contribution in [0.2, 0.25) is 0 Å². The van der Waals surface area contributed by atoms with Gasteiger partial charge in [-0.15, -0.1) is 0 Å². The predicted octanol–water partition coefficient (Wildman–Crippen LogP) is 3.70. The maximum absolute atomic E-state index is 12.3. The number of nitrogens with zero attached hydrogens (tertiary/aromatic N) is 1. The quantitative estimate of drug-likeness (QED) is 0.485. The van der Waals surface area contributed by atoms with Crippen molar-refractivity contribution >= 4 is 39.2 Å². The van der Waals surface area contributed by atoms with Crippen molar-refractivity contribution in [3.8, 4) is 0 Å². The summed E-state index contributed by atoms with van der Waals surface area (Å²) in [6, 6.07) is 8.64. The Morgan fingerprint density at radius 1 is 1.17 bits per heavy atom. The Morgan fingerprint density at radius 2 is 1.83 bits per heavy atom. The van der Waals surface area contributed by atoms with Gasteiger partial charge >= 0.3 is 5.97 Å². The number of hydrogen-bond donors (Lipinski definition) is 1. The summed E-state index contributed by atoms with van der Waals surface area (Å²) < 4.78 is 5.37. The third-order valence-corrected chi connectivity index (χ3v) is 4.10. The van der Waals surface area contributed by atoms with Gasteiger partial charge in [0.25, 0.3) is 11.6 Å². The van der Waals surface area contributed by atoms with E-state index in [2.05, 4.69) is 26.0 Å². The molecule has 0 unspecified atom stereocenters. The first kappa shape index (κ1) is 17.6. The summed E-state index contributed by atoms with van der Waals surface area (Å²) in [7, 11) is 1.16. The highest BCUT2D eigenvalue weighted by Gasteiger charge is 2.18. The molecular weight excluding hydrogens is 380 g/mol. The zero-order chi connectivity index (χ0) is 17.9. The maximum atomic E-state index is 12.3. The molecule has 8 heteroatoms. The van der Waals surface area contributed by atoms with Crippen molar-refractivity contribution in [3.63, 3.8) is 0 Å². The molecule has 0 spiro atoms. The Morgan fingerprint density at radius 3 is 2.42 bits per heavy atom. The Labute approximate surface area is 145 Å². The van der Waals surface area contributed by atoms with Crippen molar-refractivity contribution in [1.82, 2.24) is 0 Å². The van der Waals surface area contributed by atoms with Gasteiger partial charge < -0.3 is 10.1 Å². The molecular formula is C16H13BrN2O5. The molecule has 0 fully saturated rings. The molecule has 0 bridgehead atoms. The molecule has 0 radical (unpaired) electrons. The number of ether oxygens (including phenoxy) is 1. The molecule has 2 aromatic rings. The molecule has 1 amide bonds. The van der Waals surface area contributed by atoms with Gasteiger partial charge in [-0.1, -0.05) is 22.0 Å². The van der Waals surface area contributed by atoms with Crippen LogP contribution in [0.3, 0.4) is 0 Å². The SMILES string of the molecule is COC(=O)c1cc(C(=O)Nc2ccc(C)c(Br)c2)cc([N+](=O)[O-])c1. The fraction of sp³-hybridized carbons (Fsp3) is 0.125. The molecule has 7 nitrogen and oxygen atoms in total. The second kappa shape index (κ2) is 7.22. The number of amides is 1. The molecule has 124 valence electrons. The molecule has 2 aromatic carbocycles. The van der Waals surface area contributed by atoms with Crippen LogP contribution in [0.4, 0.5) is 11.4 Å². The molecule has 0 aliphatic carbocycles. The normalized spacial score (nSPS) is 10.1. The molecule has 0 aliphatic rings. The first-order valence-corrected chi connectivity index (χ1v) is 7.56. The van der Waals surface area contributed by atoms with Crippen molar-refractivity contribution in [3.05, 3.63) is 67.7 Å². The average molecular weight is 393 g/mol. The van der Waals surface area contributed by atoms with Gasteiger partial charge in [-0.05, 0) is 30.7 Å². The van der Waals surface area contributed by atoms with Gasteiger partial charge in [-0.2, -0.15) is 0 Å². The standard InChI is InChI=1S/C16H13BrN2O5/c1-9-3-4-12(8-14(9)17)18-15(20)10-5-11(16(21)24-2)7-13(6-10)19(22)23/h3-8H,1-2H3,(H,18,20). The van der Waals surface area contributed by atoms with Crippen LogP contribution in [0.25, 0.3) is 0 Å². The summed E-state index contributed by atoms with van der Waals surface area (Å²) in [6.45, 7) is 1.90. The lowest BCUT2D eigenvalue weighted by Gasteiger charge is -2.08. The lowest BCUT2D eigenvalue weighted by atomic mass is 10.1. The van der Waals surface area contributed by atoms with Crippen LogP contribution in [0.15, 0.2) is 40.9 Å². The summed E-state index contributed by atoms with van der Waals surface area (Å²) in [6.07, 6.45) is 0. The monoisotopic (exact) mass is 392 g/mol. The van der Waals surface area contributed by atoms with Gasteiger partial charge in [0.15, 0.2) is 0 Å². The van der Waals surface area contributed by atoms with Crippen LogP contribution < -0.4 is 5.32 Å². The number of nitro benzene ring substituents is 1. The number of halogens is 1. The van der Waals surface area contributed by atoms with Crippen LogP contribution in [-0.2, 0) is 4.74 Å². The Kier molecular flexibility index (Phi) is 5.30. The second-order valence-electron chi connectivity index (χ2n) is 4.94. The number of nitrogens with one attached hydrogen (secondary N) is 1. The van der Waals surface area contributed by atoms with Crippen molar-refractivity contribution in [1.29, 1.82) is 0 Å². The fourth-order valence-corrected chi connectivity index (χ4v) is 2.34.